The first-order valence-electron chi connectivity index (χ1n) is 6.29. The van der Waals surface area contributed by atoms with Crippen LogP contribution in [0.2, 0.25) is 0 Å². The van der Waals surface area contributed by atoms with Gasteiger partial charge in [0.1, 0.15) is 11.6 Å². The topological polar surface area (TPSA) is 102 Å². The maximum atomic E-state index is 11.8. The monoisotopic (exact) mass is 510 g/mol. The van der Waals surface area contributed by atoms with Crippen molar-refractivity contribution >= 4 is 36.5 Å². The van der Waals surface area contributed by atoms with Gasteiger partial charge in [-0.15, -0.1) is 10.8 Å². The Hall–Kier alpha value is -1.12. The fraction of sp³-hybridized carbons (Fsp3) is 0.667. The zero-order chi connectivity index (χ0) is 16.2. The van der Waals surface area contributed by atoms with Crippen molar-refractivity contribution in [3.8, 4) is 0 Å². The molecule has 0 aliphatic carbocycles. The second-order valence-corrected chi connectivity index (χ2v) is 5.69. The second-order valence-electron chi connectivity index (χ2n) is 5.36. The average molecular weight is 510 g/mol. The van der Waals surface area contributed by atoms with Gasteiger partial charge in [0.2, 0.25) is 0 Å². The van der Waals surface area contributed by atoms with Crippen molar-refractivity contribution < 1.29 is 48.9 Å². The van der Waals surface area contributed by atoms with Crippen LogP contribution < -0.4 is 5.32 Å². The molecule has 1 atom stereocenters. The summed E-state index contributed by atoms with van der Waals surface area (Å²) in [6, 6.07) is -1.18. The number of nitrogens with zero attached hydrogens (tertiary/aromatic N) is 1. The van der Waals surface area contributed by atoms with E-state index in [-0.39, 0.29) is 38.7 Å². The number of hydrogen-bond acceptors (Lipinski definition) is 7. The number of hydroxylamine groups is 2. The summed E-state index contributed by atoms with van der Waals surface area (Å²) in [6.07, 6.45) is -0.859. The number of amides is 3. The van der Waals surface area contributed by atoms with Gasteiger partial charge in [-0.2, -0.15) is 0 Å². The van der Waals surface area contributed by atoms with E-state index in [1.807, 2.05) is 0 Å². The summed E-state index contributed by atoms with van der Waals surface area (Å²) in [5.74, 6) is -2.38. The number of nitrogens with one attached hydrogen (secondary N) is 1. The summed E-state index contributed by atoms with van der Waals surface area (Å²) in [5, 5.41) is 2.64. The van der Waals surface area contributed by atoms with Gasteiger partial charge in [0.25, 0.3) is 11.8 Å². The van der Waals surface area contributed by atoms with E-state index < -0.39 is 35.5 Å². The molecule has 0 aromatic carbocycles. The molecule has 1 radical (unpaired) electrons. The van der Waals surface area contributed by atoms with Crippen LogP contribution in [0.3, 0.4) is 0 Å². The molecule has 1 heterocycles. The van der Waals surface area contributed by atoms with Crippen LogP contribution in [-0.4, -0.2) is 46.3 Å². The minimum Gasteiger partial charge on any atom is -0.790 e. The van der Waals surface area contributed by atoms with Crippen LogP contribution in [0.4, 0.5) is 4.79 Å². The second kappa shape index (κ2) is 8.50. The molecule has 0 saturated carbocycles. The Morgan fingerprint density at radius 2 is 1.77 bits per heavy atom. The Balaban J connectivity index is 0.00000441. The quantitative estimate of drug-likeness (QED) is 0.422. The molecular formula is C12H17IrN2O6S-. The van der Waals surface area contributed by atoms with Crippen molar-refractivity contribution in [3.05, 3.63) is 0 Å². The van der Waals surface area contributed by atoms with Crippen LogP contribution in [0.1, 0.15) is 33.6 Å². The SMILES string of the molecule is CC(C)(C)OC(=O)NC(C[S-])C(=O)ON1C(=O)CCC1=O.[Ir]. The molecule has 3 amide bonds. The van der Waals surface area contributed by atoms with E-state index in [1.165, 1.54) is 0 Å². The van der Waals surface area contributed by atoms with Gasteiger partial charge < -0.3 is 27.5 Å². The molecule has 0 bridgehead atoms. The van der Waals surface area contributed by atoms with Gasteiger partial charge in [-0.05, 0) is 20.8 Å². The van der Waals surface area contributed by atoms with Crippen molar-refractivity contribution in [1.82, 2.24) is 10.4 Å². The first-order valence-corrected chi connectivity index (χ1v) is 6.87. The van der Waals surface area contributed by atoms with Gasteiger partial charge in [0, 0.05) is 32.9 Å². The minimum absolute atomic E-state index is 0. The molecule has 1 aliphatic heterocycles. The maximum Gasteiger partial charge on any atom is 0.408 e. The van der Waals surface area contributed by atoms with Crippen LogP contribution in [0.5, 0.6) is 0 Å². The summed E-state index contributed by atoms with van der Waals surface area (Å²) in [6.45, 7) is 4.99. The molecule has 22 heavy (non-hydrogen) atoms. The fourth-order valence-electron chi connectivity index (χ4n) is 1.43. The number of hydrogen-bond donors (Lipinski definition) is 1. The van der Waals surface area contributed by atoms with E-state index in [1.54, 1.807) is 20.8 Å². The zero-order valence-corrected chi connectivity index (χ0v) is 15.5. The van der Waals surface area contributed by atoms with Crippen LogP contribution >= 0.6 is 0 Å². The number of carbonyl (C=O) groups is 4. The number of rotatable bonds is 4. The van der Waals surface area contributed by atoms with Crippen molar-refractivity contribution in [2.45, 2.75) is 45.3 Å². The zero-order valence-electron chi connectivity index (χ0n) is 12.3. The Morgan fingerprint density at radius 3 is 2.18 bits per heavy atom. The molecule has 1 unspecified atom stereocenters. The van der Waals surface area contributed by atoms with Crippen LogP contribution in [0.25, 0.3) is 0 Å². The van der Waals surface area contributed by atoms with Gasteiger partial charge in [0.15, 0.2) is 0 Å². The summed E-state index contributed by atoms with van der Waals surface area (Å²) >= 11 is 4.75. The summed E-state index contributed by atoms with van der Waals surface area (Å²) < 4.78 is 4.98. The fourth-order valence-corrected chi connectivity index (χ4v) is 1.65. The first-order chi connectivity index (χ1) is 9.64. The number of ether oxygens (including phenoxy) is 1. The predicted molar refractivity (Wildman–Crippen MR) is 72.6 cm³/mol. The molecule has 0 aromatic rings. The third-order valence-corrected chi connectivity index (χ3v) is 2.66. The van der Waals surface area contributed by atoms with E-state index in [0.717, 1.165) is 0 Å². The van der Waals surface area contributed by atoms with Crippen molar-refractivity contribution in [2.24, 2.45) is 0 Å². The normalized spacial score (nSPS) is 15.9. The van der Waals surface area contributed by atoms with E-state index in [4.69, 9.17) is 17.4 Å². The molecule has 1 rings (SSSR count). The maximum absolute atomic E-state index is 11.8. The Kier molecular flexibility index (Phi) is 8.06. The number of carbonyl (C=O) groups excluding carboxylic acids is 4. The van der Waals surface area contributed by atoms with Crippen molar-refractivity contribution in [2.75, 3.05) is 5.75 Å². The molecule has 10 heteroatoms. The summed E-state index contributed by atoms with van der Waals surface area (Å²) in [7, 11) is 0. The third-order valence-electron chi connectivity index (χ3n) is 2.33. The number of imide groups is 1. The standard InChI is InChI=1S/C12H18N2O6S.Ir/c1-12(2,3)19-11(18)13-7(6-21)10(17)20-14-8(15)4-5-9(14)16;/h7,21H,4-6H2,1-3H3,(H,13,18);/p-1. The Morgan fingerprint density at radius 1 is 1.27 bits per heavy atom. The van der Waals surface area contributed by atoms with Crippen LogP contribution in [0, 0.1) is 0 Å². The third kappa shape index (κ3) is 6.33. The van der Waals surface area contributed by atoms with Crippen LogP contribution in [0.15, 0.2) is 0 Å². The van der Waals surface area contributed by atoms with Crippen molar-refractivity contribution in [1.29, 1.82) is 0 Å². The van der Waals surface area contributed by atoms with Gasteiger partial charge in [-0.1, -0.05) is 0 Å². The van der Waals surface area contributed by atoms with Gasteiger partial charge in [-0.25, -0.2) is 9.59 Å². The Bertz CT molecular complexity index is 449. The Labute approximate surface area is 147 Å². The average Bonchev–Trinajstić information content (AvgIpc) is 2.65. The summed E-state index contributed by atoms with van der Waals surface area (Å²) in [4.78, 5) is 50.7. The number of alkyl carbamates (subject to hydrolysis) is 1. The molecule has 8 nitrogen and oxygen atoms in total. The smallest absolute Gasteiger partial charge is 0.408 e. The molecule has 127 valence electrons. The largest absolute Gasteiger partial charge is 0.790 e. The first kappa shape index (κ1) is 20.9. The van der Waals surface area contributed by atoms with Gasteiger partial charge >= 0.3 is 12.1 Å². The molecule has 0 spiro atoms. The molecule has 1 aliphatic rings. The minimum atomic E-state index is -1.18. The molecule has 1 fully saturated rings. The van der Waals surface area contributed by atoms with E-state index >= 15 is 0 Å². The van der Waals surface area contributed by atoms with Crippen molar-refractivity contribution in [3.63, 3.8) is 0 Å². The van der Waals surface area contributed by atoms with Gasteiger partial charge in [0.05, 0.1) is 0 Å². The van der Waals surface area contributed by atoms with Gasteiger partial charge in [-0.3, -0.25) is 9.59 Å². The predicted octanol–water partition coefficient (Wildman–Crippen LogP) is 0.0313. The molecule has 0 aromatic heterocycles. The molecular weight excluding hydrogens is 492 g/mol. The van der Waals surface area contributed by atoms with E-state index in [9.17, 15) is 19.2 Å². The molecule has 1 saturated heterocycles. The van der Waals surface area contributed by atoms with E-state index in [2.05, 4.69) is 10.2 Å². The summed E-state index contributed by atoms with van der Waals surface area (Å²) in [5.41, 5.74) is -0.735. The molecule has 1 N–H and O–H groups in total. The van der Waals surface area contributed by atoms with E-state index in [0.29, 0.717) is 5.06 Å². The van der Waals surface area contributed by atoms with Crippen LogP contribution in [-0.2, 0) is 56.7 Å².